The van der Waals surface area contributed by atoms with Crippen molar-refractivity contribution in [2.75, 3.05) is 32.2 Å². The number of hydrogen-bond donors (Lipinski definition) is 1. The molecule has 0 fully saturated rings. The molecule has 88 valence electrons. The fourth-order valence-corrected chi connectivity index (χ4v) is 1.48. The van der Waals surface area contributed by atoms with E-state index in [0.717, 1.165) is 25.3 Å². The van der Waals surface area contributed by atoms with Gasteiger partial charge in [-0.3, -0.25) is 4.98 Å². The maximum Gasteiger partial charge on any atom is 0.122 e. The van der Waals surface area contributed by atoms with Crippen molar-refractivity contribution in [3.05, 3.63) is 24.0 Å². The number of anilines is 1. The summed E-state index contributed by atoms with van der Waals surface area (Å²) in [6, 6.07) is 3.84. The van der Waals surface area contributed by atoms with Crippen LogP contribution in [0, 0.1) is 0 Å². The molecule has 0 aliphatic carbocycles. The third-order valence-corrected chi connectivity index (χ3v) is 2.49. The lowest BCUT2D eigenvalue weighted by Crippen LogP contribution is -2.21. The molecule has 0 aliphatic rings. The predicted molar refractivity (Wildman–Crippen MR) is 69.9 cm³/mol. The topological polar surface area (TPSA) is 51.4 Å². The standard InChI is InChI=1S/C11H17N3OS/c1-14(6-3-7-15-2)9-4-5-13-10(8-9)11(12)16/h4-5,8H,3,6-7H2,1-2H3,(H2,12,16). The van der Waals surface area contributed by atoms with Gasteiger partial charge < -0.3 is 15.4 Å². The zero-order valence-electron chi connectivity index (χ0n) is 9.64. The van der Waals surface area contributed by atoms with Crippen LogP contribution in [0.4, 0.5) is 5.69 Å². The second-order valence-electron chi connectivity index (χ2n) is 3.53. The van der Waals surface area contributed by atoms with E-state index < -0.39 is 0 Å². The summed E-state index contributed by atoms with van der Waals surface area (Å²) in [6.07, 6.45) is 2.70. The Morgan fingerprint density at radius 1 is 1.62 bits per heavy atom. The van der Waals surface area contributed by atoms with E-state index in [2.05, 4.69) is 9.88 Å². The van der Waals surface area contributed by atoms with Gasteiger partial charge in [-0.05, 0) is 18.6 Å². The predicted octanol–water partition coefficient (Wildman–Crippen LogP) is 1.19. The minimum atomic E-state index is 0.326. The van der Waals surface area contributed by atoms with E-state index in [1.54, 1.807) is 13.3 Å². The molecule has 0 amide bonds. The highest BCUT2D eigenvalue weighted by Crippen LogP contribution is 2.13. The van der Waals surface area contributed by atoms with E-state index in [-0.39, 0.29) is 0 Å². The lowest BCUT2D eigenvalue weighted by Gasteiger charge is -2.19. The molecule has 5 heteroatoms. The minimum absolute atomic E-state index is 0.326. The largest absolute Gasteiger partial charge is 0.388 e. The Balaban J connectivity index is 2.64. The highest BCUT2D eigenvalue weighted by Gasteiger charge is 2.03. The van der Waals surface area contributed by atoms with Gasteiger partial charge in [-0.25, -0.2) is 0 Å². The fraction of sp³-hybridized carbons (Fsp3) is 0.455. The molecule has 1 aromatic heterocycles. The first-order valence-electron chi connectivity index (χ1n) is 5.11. The molecular weight excluding hydrogens is 222 g/mol. The van der Waals surface area contributed by atoms with E-state index in [4.69, 9.17) is 22.7 Å². The third-order valence-electron chi connectivity index (χ3n) is 2.28. The number of ether oxygens (including phenoxy) is 1. The molecule has 0 radical (unpaired) electrons. The number of nitrogens with zero attached hydrogens (tertiary/aromatic N) is 2. The monoisotopic (exact) mass is 239 g/mol. The van der Waals surface area contributed by atoms with Crippen LogP contribution in [-0.2, 0) is 4.74 Å². The Hall–Kier alpha value is -1.20. The van der Waals surface area contributed by atoms with Crippen molar-refractivity contribution in [1.82, 2.24) is 4.98 Å². The lowest BCUT2D eigenvalue weighted by molar-refractivity contribution is 0.196. The molecule has 1 heterocycles. The van der Waals surface area contributed by atoms with Crippen LogP contribution in [0.2, 0.25) is 0 Å². The summed E-state index contributed by atoms with van der Waals surface area (Å²) in [6.45, 7) is 1.69. The van der Waals surface area contributed by atoms with Crippen LogP contribution < -0.4 is 10.6 Å². The molecule has 0 bridgehead atoms. The van der Waals surface area contributed by atoms with Crippen LogP contribution in [0.25, 0.3) is 0 Å². The van der Waals surface area contributed by atoms with Crippen LogP contribution in [-0.4, -0.2) is 37.3 Å². The smallest absolute Gasteiger partial charge is 0.122 e. The zero-order valence-corrected chi connectivity index (χ0v) is 10.5. The second kappa shape index (κ2) is 6.40. The van der Waals surface area contributed by atoms with E-state index in [9.17, 15) is 0 Å². The summed E-state index contributed by atoms with van der Waals surface area (Å²) in [4.78, 5) is 6.55. The van der Waals surface area contributed by atoms with E-state index in [0.29, 0.717) is 10.7 Å². The molecule has 1 rings (SSSR count). The molecule has 16 heavy (non-hydrogen) atoms. The van der Waals surface area contributed by atoms with Crippen molar-refractivity contribution < 1.29 is 4.74 Å². The molecular formula is C11H17N3OS. The van der Waals surface area contributed by atoms with Gasteiger partial charge in [0.2, 0.25) is 0 Å². The van der Waals surface area contributed by atoms with Crippen LogP contribution in [0.1, 0.15) is 12.1 Å². The average Bonchev–Trinajstić information content (AvgIpc) is 2.29. The Kier molecular flexibility index (Phi) is 5.14. The maximum absolute atomic E-state index is 5.53. The maximum atomic E-state index is 5.53. The molecule has 2 N–H and O–H groups in total. The summed E-state index contributed by atoms with van der Waals surface area (Å²) in [7, 11) is 3.73. The average molecular weight is 239 g/mol. The van der Waals surface area contributed by atoms with Gasteiger partial charge in [-0.15, -0.1) is 0 Å². The van der Waals surface area contributed by atoms with Gasteiger partial charge >= 0.3 is 0 Å². The number of methoxy groups -OCH3 is 1. The van der Waals surface area contributed by atoms with E-state index >= 15 is 0 Å². The minimum Gasteiger partial charge on any atom is -0.388 e. The summed E-state index contributed by atoms with van der Waals surface area (Å²) in [5, 5.41) is 0. The molecule has 0 atom stereocenters. The van der Waals surface area contributed by atoms with Gasteiger partial charge in [-0.1, -0.05) is 12.2 Å². The SMILES string of the molecule is COCCCN(C)c1ccnc(C(N)=S)c1. The zero-order chi connectivity index (χ0) is 12.0. The van der Waals surface area contributed by atoms with Crippen molar-refractivity contribution in [3.8, 4) is 0 Å². The van der Waals surface area contributed by atoms with E-state index in [1.165, 1.54) is 0 Å². The van der Waals surface area contributed by atoms with Gasteiger partial charge in [0.05, 0.1) is 5.69 Å². The highest BCUT2D eigenvalue weighted by atomic mass is 32.1. The molecule has 4 nitrogen and oxygen atoms in total. The van der Waals surface area contributed by atoms with Gasteiger partial charge in [0.15, 0.2) is 0 Å². The van der Waals surface area contributed by atoms with Crippen molar-refractivity contribution >= 4 is 22.9 Å². The molecule has 0 spiro atoms. The Labute approximate surface area is 101 Å². The summed E-state index contributed by atoms with van der Waals surface area (Å²) in [5.74, 6) is 0. The Morgan fingerprint density at radius 2 is 2.38 bits per heavy atom. The van der Waals surface area contributed by atoms with Crippen LogP contribution in [0.15, 0.2) is 18.3 Å². The normalized spacial score (nSPS) is 10.1. The van der Waals surface area contributed by atoms with Crippen molar-refractivity contribution in [2.45, 2.75) is 6.42 Å². The molecule has 0 unspecified atom stereocenters. The summed E-state index contributed by atoms with van der Waals surface area (Å²) < 4.78 is 5.01. The third kappa shape index (κ3) is 3.75. The van der Waals surface area contributed by atoms with Gasteiger partial charge in [0.25, 0.3) is 0 Å². The number of thiocarbonyl (C=S) groups is 1. The van der Waals surface area contributed by atoms with Crippen LogP contribution in [0.3, 0.4) is 0 Å². The van der Waals surface area contributed by atoms with Gasteiger partial charge in [0, 0.05) is 39.2 Å². The molecule has 0 aliphatic heterocycles. The number of hydrogen-bond acceptors (Lipinski definition) is 4. The van der Waals surface area contributed by atoms with Gasteiger partial charge in [0.1, 0.15) is 4.99 Å². The Bertz CT molecular complexity index is 357. The van der Waals surface area contributed by atoms with Crippen molar-refractivity contribution in [2.24, 2.45) is 5.73 Å². The molecule has 0 saturated heterocycles. The Morgan fingerprint density at radius 3 is 3.00 bits per heavy atom. The fourth-order valence-electron chi connectivity index (χ4n) is 1.37. The first-order chi connectivity index (χ1) is 7.65. The lowest BCUT2D eigenvalue weighted by atomic mass is 10.3. The first kappa shape index (κ1) is 12.9. The summed E-state index contributed by atoms with van der Waals surface area (Å²) in [5.41, 5.74) is 7.26. The number of pyridine rings is 1. The molecule has 1 aromatic rings. The van der Waals surface area contributed by atoms with Crippen LogP contribution in [0.5, 0.6) is 0 Å². The van der Waals surface area contributed by atoms with Crippen molar-refractivity contribution in [1.29, 1.82) is 0 Å². The highest BCUT2D eigenvalue weighted by molar-refractivity contribution is 7.80. The quantitative estimate of drug-likeness (QED) is 0.597. The number of rotatable bonds is 6. The van der Waals surface area contributed by atoms with Crippen molar-refractivity contribution in [3.63, 3.8) is 0 Å². The van der Waals surface area contributed by atoms with Gasteiger partial charge in [-0.2, -0.15) is 0 Å². The number of aromatic nitrogens is 1. The van der Waals surface area contributed by atoms with E-state index in [1.807, 2.05) is 19.2 Å². The molecule has 0 aromatic carbocycles. The van der Waals surface area contributed by atoms with Crippen LogP contribution >= 0.6 is 12.2 Å². The first-order valence-corrected chi connectivity index (χ1v) is 5.52. The number of nitrogens with two attached hydrogens (primary N) is 1. The second-order valence-corrected chi connectivity index (χ2v) is 3.97. The summed E-state index contributed by atoms with van der Waals surface area (Å²) >= 11 is 4.89. The molecule has 0 saturated carbocycles.